The number of aromatic nitrogens is 1. The molecule has 0 spiro atoms. The van der Waals surface area contributed by atoms with Gasteiger partial charge in [0.1, 0.15) is 4.88 Å². The largest absolute Gasteiger partial charge is 0.335 e. The van der Waals surface area contributed by atoms with Gasteiger partial charge in [0.05, 0.1) is 15.6 Å². The molecule has 1 aromatic heterocycles. The number of nitrogens with zero attached hydrogens (tertiary/aromatic N) is 3. The zero-order chi connectivity index (χ0) is 19.1. The van der Waals surface area contributed by atoms with Gasteiger partial charge >= 0.3 is 0 Å². The maximum Gasteiger partial charge on any atom is 0.265 e. The minimum atomic E-state index is -3.53. The second kappa shape index (κ2) is 7.09. The highest BCUT2D eigenvalue weighted by molar-refractivity contribution is 7.89. The summed E-state index contributed by atoms with van der Waals surface area (Å²) < 4.78 is 27.2. The molecular weight excluding hydrogens is 370 g/mol. The fraction of sp³-hybridized carbons (Fsp3) is 0.444. The second-order valence-corrected chi connectivity index (χ2v) is 9.73. The molecule has 0 bridgehead atoms. The van der Waals surface area contributed by atoms with Crippen molar-refractivity contribution in [1.29, 1.82) is 0 Å². The topological polar surface area (TPSA) is 70.6 Å². The number of hydrogen-bond acceptors (Lipinski definition) is 5. The third kappa shape index (κ3) is 3.54. The Morgan fingerprint density at radius 1 is 1.04 bits per heavy atom. The third-order valence-electron chi connectivity index (χ3n) is 4.74. The van der Waals surface area contributed by atoms with E-state index >= 15 is 0 Å². The normalized spacial score (nSPS) is 16.1. The van der Waals surface area contributed by atoms with E-state index in [0.717, 1.165) is 21.8 Å². The van der Waals surface area contributed by atoms with Crippen molar-refractivity contribution in [2.75, 3.05) is 26.2 Å². The third-order valence-corrected chi connectivity index (χ3v) is 7.70. The van der Waals surface area contributed by atoms with Gasteiger partial charge in [0.25, 0.3) is 5.91 Å². The van der Waals surface area contributed by atoms with Gasteiger partial charge in [-0.25, -0.2) is 13.4 Å². The van der Waals surface area contributed by atoms with E-state index in [9.17, 15) is 13.2 Å². The number of rotatable bonds is 3. The van der Waals surface area contributed by atoms with Crippen LogP contribution in [0.1, 0.15) is 31.5 Å². The van der Waals surface area contributed by atoms with E-state index in [2.05, 4.69) is 4.98 Å². The molecule has 1 amide bonds. The van der Waals surface area contributed by atoms with Crippen molar-refractivity contribution in [3.63, 3.8) is 0 Å². The number of hydrogen-bond donors (Lipinski definition) is 0. The predicted octanol–water partition coefficient (Wildman–Crippen LogP) is 2.52. The van der Waals surface area contributed by atoms with Crippen LogP contribution in [-0.4, -0.2) is 54.7 Å². The van der Waals surface area contributed by atoms with E-state index in [-0.39, 0.29) is 5.91 Å². The number of sulfonamides is 1. The molecule has 6 nitrogen and oxygen atoms in total. The van der Waals surface area contributed by atoms with Crippen molar-refractivity contribution in [3.8, 4) is 0 Å². The molecular formula is C18H23N3O3S2. The number of aryl methyl sites for hydroxylation is 4. The molecule has 1 aromatic carbocycles. The molecule has 140 valence electrons. The minimum Gasteiger partial charge on any atom is -0.335 e. The Kier molecular flexibility index (Phi) is 5.18. The summed E-state index contributed by atoms with van der Waals surface area (Å²) in [5, 5.41) is 0.863. The van der Waals surface area contributed by atoms with Gasteiger partial charge in [0.2, 0.25) is 10.0 Å². The van der Waals surface area contributed by atoms with E-state index in [4.69, 9.17) is 0 Å². The second-order valence-electron chi connectivity index (χ2n) is 6.59. The molecule has 0 radical (unpaired) electrons. The van der Waals surface area contributed by atoms with Gasteiger partial charge in [0, 0.05) is 26.2 Å². The maximum absolute atomic E-state index is 12.9. The van der Waals surface area contributed by atoms with Crippen LogP contribution in [0.4, 0.5) is 0 Å². The first-order valence-electron chi connectivity index (χ1n) is 8.51. The molecule has 0 saturated carbocycles. The average molecular weight is 394 g/mol. The fourth-order valence-corrected chi connectivity index (χ4v) is 5.42. The summed E-state index contributed by atoms with van der Waals surface area (Å²) in [5.74, 6) is -0.0590. The average Bonchev–Trinajstić information content (AvgIpc) is 2.95. The lowest BCUT2D eigenvalue weighted by Crippen LogP contribution is -2.50. The van der Waals surface area contributed by atoms with Gasteiger partial charge in [-0.3, -0.25) is 4.79 Å². The Labute approximate surface area is 158 Å². The van der Waals surface area contributed by atoms with E-state index in [1.54, 1.807) is 17.0 Å². The molecule has 3 rings (SSSR count). The summed E-state index contributed by atoms with van der Waals surface area (Å²) in [6, 6.07) is 5.20. The van der Waals surface area contributed by atoms with Crippen molar-refractivity contribution in [1.82, 2.24) is 14.2 Å². The SMILES string of the molecule is Cc1nc(C)c(C(=O)N2CCN(S(=O)(=O)c3ccc(C)c(C)c3)CC2)s1. The van der Waals surface area contributed by atoms with Gasteiger partial charge in [0.15, 0.2) is 0 Å². The lowest BCUT2D eigenvalue weighted by molar-refractivity contribution is 0.0702. The number of carbonyl (C=O) groups is 1. The molecule has 1 aliphatic rings. The Morgan fingerprint density at radius 2 is 1.69 bits per heavy atom. The van der Waals surface area contributed by atoms with Crippen LogP contribution in [0.15, 0.2) is 23.1 Å². The van der Waals surface area contributed by atoms with E-state index in [1.807, 2.05) is 33.8 Å². The molecule has 0 unspecified atom stereocenters. The smallest absolute Gasteiger partial charge is 0.265 e. The minimum absolute atomic E-state index is 0.0590. The van der Waals surface area contributed by atoms with E-state index < -0.39 is 10.0 Å². The van der Waals surface area contributed by atoms with Crippen molar-refractivity contribution < 1.29 is 13.2 Å². The predicted molar refractivity (Wildman–Crippen MR) is 102 cm³/mol. The molecule has 0 aliphatic carbocycles. The summed E-state index contributed by atoms with van der Waals surface area (Å²) in [5.41, 5.74) is 2.76. The highest BCUT2D eigenvalue weighted by atomic mass is 32.2. The molecule has 1 fully saturated rings. The van der Waals surface area contributed by atoms with Crippen molar-refractivity contribution in [2.24, 2.45) is 0 Å². The van der Waals surface area contributed by atoms with Crippen LogP contribution in [0.25, 0.3) is 0 Å². The fourth-order valence-electron chi connectivity index (χ4n) is 3.03. The molecule has 2 aromatic rings. The van der Waals surface area contributed by atoms with Gasteiger partial charge < -0.3 is 4.90 Å². The summed E-state index contributed by atoms with van der Waals surface area (Å²) in [7, 11) is -3.53. The molecule has 0 N–H and O–H groups in total. The monoisotopic (exact) mass is 393 g/mol. The first-order chi connectivity index (χ1) is 12.2. The summed E-state index contributed by atoms with van der Waals surface area (Å²) in [6.45, 7) is 8.96. The quantitative estimate of drug-likeness (QED) is 0.803. The van der Waals surface area contributed by atoms with Crippen molar-refractivity contribution >= 4 is 27.3 Å². The van der Waals surface area contributed by atoms with E-state index in [1.165, 1.54) is 15.6 Å². The summed E-state index contributed by atoms with van der Waals surface area (Å²) in [4.78, 5) is 19.6. The summed E-state index contributed by atoms with van der Waals surface area (Å²) in [6.07, 6.45) is 0. The van der Waals surface area contributed by atoms with Crippen LogP contribution in [0, 0.1) is 27.7 Å². The standard InChI is InChI=1S/C18H23N3O3S2/c1-12-5-6-16(11-13(12)2)26(23,24)21-9-7-20(8-10-21)18(22)17-14(3)19-15(4)25-17/h5-6,11H,7-10H2,1-4H3. The first-order valence-corrected chi connectivity index (χ1v) is 10.8. The number of piperazine rings is 1. The van der Waals surface area contributed by atoms with Crippen LogP contribution < -0.4 is 0 Å². The van der Waals surface area contributed by atoms with Gasteiger partial charge in [-0.2, -0.15) is 4.31 Å². The van der Waals surface area contributed by atoms with Crippen LogP contribution >= 0.6 is 11.3 Å². The van der Waals surface area contributed by atoms with Gasteiger partial charge in [-0.15, -0.1) is 11.3 Å². The zero-order valence-corrected chi connectivity index (χ0v) is 17.1. The molecule has 1 aliphatic heterocycles. The molecule has 8 heteroatoms. The lowest BCUT2D eigenvalue weighted by atomic mass is 10.1. The first kappa shape index (κ1) is 19.0. The lowest BCUT2D eigenvalue weighted by Gasteiger charge is -2.34. The Hall–Kier alpha value is -1.77. The van der Waals surface area contributed by atoms with Crippen LogP contribution in [0.2, 0.25) is 0 Å². The highest BCUT2D eigenvalue weighted by Gasteiger charge is 2.31. The van der Waals surface area contributed by atoms with Crippen molar-refractivity contribution in [3.05, 3.63) is 44.9 Å². The zero-order valence-electron chi connectivity index (χ0n) is 15.4. The molecule has 26 heavy (non-hydrogen) atoms. The summed E-state index contributed by atoms with van der Waals surface area (Å²) >= 11 is 1.39. The van der Waals surface area contributed by atoms with Crippen LogP contribution in [0.3, 0.4) is 0 Å². The molecule has 0 atom stereocenters. The Balaban J connectivity index is 1.72. The number of thiazole rings is 1. The highest BCUT2D eigenvalue weighted by Crippen LogP contribution is 2.23. The molecule has 2 heterocycles. The van der Waals surface area contributed by atoms with Gasteiger partial charge in [-0.05, 0) is 51.0 Å². The van der Waals surface area contributed by atoms with E-state index in [0.29, 0.717) is 36.0 Å². The molecule has 1 saturated heterocycles. The number of amides is 1. The maximum atomic E-state index is 12.9. The van der Waals surface area contributed by atoms with Gasteiger partial charge in [-0.1, -0.05) is 6.07 Å². The Morgan fingerprint density at radius 3 is 2.23 bits per heavy atom. The van der Waals surface area contributed by atoms with Crippen molar-refractivity contribution in [2.45, 2.75) is 32.6 Å². The number of carbonyl (C=O) groups excluding carboxylic acids is 1. The van der Waals surface area contributed by atoms with Crippen LogP contribution in [-0.2, 0) is 10.0 Å². The van der Waals surface area contributed by atoms with Crippen LogP contribution in [0.5, 0.6) is 0 Å². The Bertz CT molecular complexity index is 943. The number of benzene rings is 1.